The second-order valence-corrected chi connectivity index (χ2v) is 6.55. The molecule has 4 heterocycles. The monoisotopic (exact) mass is 361 g/mol. The van der Waals surface area contributed by atoms with Crippen molar-refractivity contribution in [1.82, 2.24) is 19.9 Å². The maximum absolute atomic E-state index is 5.85. The molecule has 4 rings (SSSR count). The van der Waals surface area contributed by atoms with E-state index in [0.29, 0.717) is 17.0 Å². The van der Waals surface area contributed by atoms with Crippen LogP contribution in [0.4, 0.5) is 17.7 Å². The normalized spacial score (nSPS) is 20.8. The summed E-state index contributed by atoms with van der Waals surface area (Å²) in [4.78, 5) is 21.9. The van der Waals surface area contributed by atoms with Crippen LogP contribution in [-0.4, -0.2) is 65.4 Å². The van der Waals surface area contributed by atoms with Crippen LogP contribution in [0, 0.1) is 0 Å². The molecule has 25 heavy (non-hydrogen) atoms. The summed E-state index contributed by atoms with van der Waals surface area (Å²) in [6, 6.07) is 2.21. The highest BCUT2D eigenvalue weighted by Gasteiger charge is 2.25. The van der Waals surface area contributed by atoms with Gasteiger partial charge in [-0.05, 0) is 12.5 Å². The number of ether oxygens (including phenoxy) is 1. The van der Waals surface area contributed by atoms with Gasteiger partial charge in [0.2, 0.25) is 11.9 Å². The van der Waals surface area contributed by atoms with Crippen molar-refractivity contribution in [3.8, 4) is 0 Å². The van der Waals surface area contributed by atoms with Crippen LogP contribution in [-0.2, 0) is 4.74 Å². The molecule has 0 aromatic carbocycles. The average molecular weight is 362 g/mol. The van der Waals surface area contributed by atoms with Gasteiger partial charge in [0.1, 0.15) is 5.82 Å². The largest absolute Gasteiger partial charge is 0.378 e. The van der Waals surface area contributed by atoms with Crippen LogP contribution in [0.25, 0.3) is 0 Å². The van der Waals surface area contributed by atoms with E-state index in [-0.39, 0.29) is 0 Å². The molecule has 2 saturated heterocycles. The lowest BCUT2D eigenvalue weighted by molar-refractivity contribution is 0.122. The summed E-state index contributed by atoms with van der Waals surface area (Å²) in [5.41, 5.74) is 0. The molecule has 2 aliphatic rings. The minimum absolute atomic E-state index is 0.298. The molecule has 0 bridgehead atoms. The summed E-state index contributed by atoms with van der Waals surface area (Å²) < 4.78 is 5.38. The molecule has 8 nitrogen and oxygen atoms in total. The van der Waals surface area contributed by atoms with Crippen LogP contribution >= 0.6 is 11.6 Å². The molecule has 0 radical (unpaired) electrons. The van der Waals surface area contributed by atoms with Crippen LogP contribution in [0.15, 0.2) is 24.7 Å². The van der Waals surface area contributed by atoms with Gasteiger partial charge in [-0.1, -0.05) is 11.6 Å². The third-order valence-corrected chi connectivity index (χ3v) is 4.56. The molecule has 1 unspecified atom stereocenters. The lowest BCUT2D eigenvalue weighted by atomic mass is 10.2. The molecule has 9 heteroatoms. The number of hydrogen-bond acceptors (Lipinski definition) is 8. The van der Waals surface area contributed by atoms with Crippen molar-refractivity contribution in [3.05, 3.63) is 29.7 Å². The number of rotatable bonds is 4. The Kier molecular flexibility index (Phi) is 4.80. The van der Waals surface area contributed by atoms with E-state index in [4.69, 9.17) is 16.3 Å². The fraction of sp³-hybridized carbons (Fsp3) is 0.500. The molecular formula is C16H20ClN7O. The van der Waals surface area contributed by atoms with Crippen molar-refractivity contribution in [2.45, 2.75) is 12.5 Å². The van der Waals surface area contributed by atoms with E-state index in [1.165, 1.54) is 0 Å². The molecule has 2 fully saturated rings. The van der Waals surface area contributed by atoms with Gasteiger partial charge in [-0.15, -0.1) is 0 Å². The Morgan fingerprint density at radius 2 is 1.84 bits per heavy atom. The zero-order chi connectivity index (χ0) is 17.1. The number of nitrogens with zero attached hydrogens (tertiary/aromatic N) is 6. The minimum Gasteiger partial charge on any atom is -0.378 e. The predicted molar refractivity (Wildman–Crippen MR) is 96.3 cm³/mol. The van der Waals surface area contributed by atoms with Crippen molar-refractivity contribution in [2.75, 3.05) is 54.5 Å². The highest BCUT2D eigenvalue weighted by atomic mass is 35.5. The molecule has 0 saturated carbocycles. The molecule has 0 aliphatic carbocycles. The van der Waals surface area contributed by atoms with E-state index in [1.54, 1.807) is 18.6 Å². The number of hydrogen-bond donors (Lipinski definition) is 1. The second-order valence-electron chi connectivity index (χ2n) is 6.12. The van der Waals surface area contributed by atoms with E-state index in [1.807, 2.05) is 6.07 Å². The fourth-order valence-corrected chi connectivity index (χ4v) is 3.18. The standard InChI is InChI=1S/C16H20ClN7O/c17-12-9-19-15(20-10-12)24-4-2-13(11-24)21-14-1-3-18-16(22-14)23-5-7-25-8-6-23/h1,3,9-10,13H,2,4-8,11H2,(H,18,21,22). The predicted octanol–water partition coefficient (Wildman–Crippen LogP) is 1.45. The van der Waals surface area contributed by atoms with Crippen LogP contribution < -0.4 is 15.1 Å². The van der Waals surface area contributed by atoms with Gasteiger partial charge in [-0.2, -0.15) is 4.98 Å². The zero-order valence-corrected chi connectivity index (χ0v) is 14.6. The van der Waals surface area contributed by atoms with Gasteiger partial charge in [0, 0.05) is 38.4 Å². The maximum atomic E-state index is 5.85. The van der Waals surface area contributed by atoms with Crippen LogP contribution in [0.3, 0.4) is 0 Å². The molecule has 0 spiro atoms. The first-order valence-electron chi connectivity index (χ1n) is 8.43. The summed E-state index contributed by atoms with van der Waals surface area (Å²) in [5, 5.41) is 4.05. The molecule has 132 valence electrons. The van der Waals surface area contributed by atoms with Crippen molar-refractivity contribution in [2.24, 2.45) is 0 Å². The number of nitrogens with one attached hydrogen (secondary N) is 1. The van der Waals surface area contributed by atoms with E-state index in [0.717, 1.165) is 57.6 Å². The first kappa shape index (κ1) is 16.3. The minimum atomic E-state index is 0.298. The van der Waals surface area contributed by atoms with E-state index < -0.39 is 0 Å². The second kappa shape index (κ2) is 7.37. The van der Waals surface area contributed by atoms with Crippen LogP contribution in [0.2, 0.25) is 5.02 Å². The Morgan fingerprint density at radius 1 is 1.04 bits per heavy atom. The van der Waals surface area contributed by atoms with E-state index in [2.05, 4.69) is 35.1 Å². The highest BCUT2D eigenvalue weighted by molar-refractivity contribution is 6.30. The smallest absolute Gasteiger partial charge is 0.227 e. The summed E-state index contributed by atoms with van der Waals surface area (Å²) >= 11 is 5.85. The van der Waals surface area contributed by atoms with Crippen molar-refractivity contribution in [3.63, 3.8) is 0 Å². The molecule has 2 aromatic rings. The van der Waals surface area contributed by atoms with Gasteiger partial charge in [-0.3, -0.25) is 0 Å². The lowest BCUT2D eigenvalue weighted by Crippen LogP contribution is -2.37. The van der Waals surface area contributed by atoms with Gasteiger partial charge in [-0.25, -0.2) is 15.0 Å². The first-order valence-corrected chi connectivity index (χ1v) is 8.80. The number of halogens is 1. The number of morpholine rings is 1. The summed E-state index contributed by atoms with van der Waals surface area (Å²) in [5.74, 6) is 2.31. The zero-order valence-electron chi connectivity index (χ0n) is 13.8. The fourth-order valence-electron chi connectivity index (χ4n) is 3.08. The Labute approximate surface area is 151 Å². The Morgan fingerprint density at radius 3 is 2.64 bits per heavy atom. The van der Waals surface area contributed by atoms with Gasteiger partial charge in [0.05, 0.1) is 30.6 Å². The molecule has 0 amide bonds. The van der Waals surface area contributed by atoms with Gasteiger partial charge < -0.3 is 19.9 Å². The summed E-state index contributed by atoms with van der Waals surface area (Å²) in [6.07, 6.45) is 6.06. The van der Waals surface area contributed by atoms with Crippen molar-refractivity contribution >= 4 is 29.3 Å². The maximum Gasteiger partial charge on any atom is 0.227 e. The summed E-state index contributed by atoms with van der Waals surface area (Å²) in [6.45, 7) is 4.84. The Balaban J connectivity index is 1.38. The molecule has 2 aliphatic heterocycles. The van der Waals surface area contributed by atoms with Crippen LogP contribution in [0.5, 0.6) is 0 Å². The quantitative estimate of drug-likeness (QED) is 0.876. The highest BCUT2D eigenvalue weighted by Crippen LogP contribution is 2.20. The van der Waals surface area contributed by atoms with Crippen LogP contribution in [0.1, 0.15) is 6.42 Å². The first-order chi connectivity index (χ1) is 12.3. The van der Waals surface area contributed by atoms with Gasteiger partial charge in [0.25, 0.3) is 0 Å². The summed E-state index contributed by atoms with van der Waals surface area (Å²) in [7, 11) is 0. The third-order valence-electron chi connectivity index (χ3n) is 4.37. The number of anilines is 3. The van der Waals surface area contributed by atoms with Gasteiger partial charge >= 0.3 is 0 Å². The van der Waals surface area contributed by atoms with Crippen molar-refractivity contribution in [1.29, 1.82) is 0 Å². The van der Waals surface area contributed by atoms with E-state index >= 15 is 0 Å². The average Bonchev–Trinajstić information content (AvgIpc) is 3.12. The van der Waals surface area contributed by atoms with Gasteiger partial charge in [0.15, 0.2) is 0 Å². The molecular weight excluding hydrogens is 342 g/mol. The molecule has 1 atom stereocenters. The van der Waals surface area contributed by atoms with E-state index in [9.17, 15) is 0 Å². The molecule has 1 N–H and O–H groups in total. The Hall–Kier alpha value is -2.19. The SMILES string of the molecule is Clc1cnc(N2CCC(Nc3ccnc(N4CCOCC4)n3)C2)nc1. The Bertz CT molecular complexity index is 708. The lowest BCUT2D eigenvalue weighted by Gasteiger charge is -2.27. The topological polar surface area (TPSA) is 79.3 Å². The van der Waals surface area contributed by atoms with Crippen molar-refractivity contribution < 1.29 is 4.74 Å². The third kappa shape index (κ3) is 3.91. The molecule has 2 aromatic heterocycles. The number of aromatic nitrogens is 4.